The van der Waals surface area contributed by atoms with Crippen molar-refractivity contribution in [1.29, 1.82) is 0 Å². The van der Waals surface area contributed by atoms with Gasteiger partial charge in [-0.05, 0) is 19.3 Å². The van der Waals surface area contributed by atoms with Crippen LogP contribution in [0.2, 0.25) is 0 Å². The number of imide groups is 1. The SMILES string of the molecule is O=C1CN(C(=O)CC2CCCCO2)CC(=O)N1. The minimum Gasteiger partial charge on any atom is -0.378 e. The van der Waals surface area contributed by atoms with Crippen LogP contribution in [-0.4, -0.2) is 48.4 Å². The molecule has 3 amide bonds. The highest BCUT2D eigenvalue weighted by molar-refractivity contribution is 6.02. The third-order valence-electron chi connectivity index (χ3n) is 2.98. The molecule has 0 aromatic rings. The fraction of sp³-hybridized carbons (Fsp3) is 0.727. The van der Waals surface area contributed by atoms with Crippen LogP contribution in [-0.2, 0) is 19.1 Å². The van der Waals surface area contributed by atoms with Crippen molar-refractivity contribution in [3.8, 4) is 0 Å². The van der Waals surface area contributed by atoms with E-state index in [0.717, 1.165) is 19.3 Å². The quantitative estimate of drug-likeness (QED) is 0.656. The van der Waals surface area contributed by atoms with Gasteiger partial charge in [0.25, 0.3) is 0 Å². The van der Waals surface area contributed by atoms with E-state index < -0.39 is 11.8 Å². The molecule has 6 heteroatoms. The van der Waals surface area contributed by atoms with Gasteiger partial charge in [-0.25, -0.2) is 0 Å². The van der Waals surface area contributed by atoms with E-state index >= 15 is 0 Å². The predicted octanol–water partition coefficient (Wildman–Crippen LogP) is -0.569. The van der Waals surface area contributed by atoms with Gasteiger partial charge in [-0.2, -0.15) is 0 Å². The van der Waals surface area contributed by atoms with Crippen LogP contribution in [0.15, 0.2) is 0 Å². The van der Waals surface area contributed by atoms with Crippen molar-refractivity contribution in [2.45, 2.75) is 31.8 Å². The lowest BCUT2D eigenvalue weighted by Crippen LogP contribution is -2.53. The van der Waals surface area contributed by atoms with E-state index in [9.17, 15) is 14.4 Å². The molecular weight excluding hydrogens is 224 g/mol. The highest BCUT2D eigenvalue weighted by Gasteiger charge is 2.28. The number of hydrogen-bond donors (Lipinski definition) is 1. The number of carbonyl (C=O) groups is 3. The number of carbonyl (C=O) groups excluding carboxylic acids is 3. The number of nitrogens with one attached hydrogen (secondary N) is 1. The van der Waals surface area contributed by atoms with Crippen LogP contribution >= 0.6 is 0 Å². The number of rotatable bonds is 2. The van der Waals surface area contributed by atoms with Gasteiger partial charge in [0.2, 0.25) is 17.7 Å². The van der Waals surface area contributed by atoms with Crippen molar-refractivity contribution in [2.24, 2.45) is 0 Å². The Hall–Kier alpha value is -1.43. The monoisotopic (exact) mass is 240 g/mol. The second kappa shape index (κ2) is 5.27. The standard InChI is InChI=1S/C11H16N2O4/c14-9-6-13(7-10(15)12-9)11(16)5-8-3-1-2-4-17-8/h8H,1-7H2,(H,12,14,15). The molecule has 2 saturated heterocycles. The van der Waals surface area contributed by atoms with Crippen LogP contribution < -0.4 is 5.32 Å². The van der Waals surface area contributed by atoms with Crippen LogP contribution in [0, 0.1) is 0 Å². The van der Waals surface area contributed by atoms with E-state index in [1.807, 2.05) is 0 Å². The molecule has 2 aliphatic rings. The molecule has 1 unspecified atom stereocenters. The largest absolute Gasteiger partial charge is 0.378 e. The second-order valence-corrected chi connectivity index (χ2v) is 4.41. The molecule has 0 saturated carbocycles. The van der Waals surface area contributed by atoms with Gasteiger partial charge in [-0.3, -0.25) is 19.7 Å². The molecule has 0 spiro atoms. The van der Waals surface area contributed by atoms with Gasteiger partial charge in [-0.15, -0.1) is 0 Å². The fourth-order valence-corrected chi connectivity index (χ4v) is 2.11. The minimum absolute atomic E-state index is 0.0305. The summed E-state index contributed by atoms with van der Waals surface area (Å²) in [6.07, 6.45) is 3.18. The summed E-state index contributed by atoms with van der Waals surface area (Å²) in [5.74, 6) is -1.02. The van der Waals surface area contributed by atoms with E-state index in [1.165, 1.54) is 4.90 Å². The molecule has 2 aliphatic heterocycles. The molecule has 0 aromatic carbocycles. The van der Waals surface area contributed by atoms with Crippen molar-refractivity contribution in [1.82, 2.24) is 10.2 Å². The molecule has 0 aliphatic carbocycles. The lowest BCUT2D eigenvalue weighted by atomic mass is 10.1. The van der Waals surface area contributed by atoms with Crippen molar-refractivity contribution in [3.05, 3.63) is 0 Å². The number of hydrogen-bond acceptors (Lipinski definition) is 4. The Balaban J connectivity index is 1.86. The van der Waals surface area contributed by atoms with E-state index in [4.69, 9.17) is 4.74 Å². The van der Waals surface area contributed by atoms with Crippen LogP contribution in [0.25, 0.3) is 0 Å². The molecule has 94 valence electrons. The first-order valence-corrected chi connectivity index (χ1v) is 5.87. The zero-order chi connectivity index (χ0) is 12.3. The van der Waals surface area contributed by atoms with Gasteiger partial charge >= 0.3 is 0 Å². The molecule has 2 fully saturated rings. The molecule has 6 nitrogen and oxygen atoms in total. The summed E-state index contributed by atoms with van der Waals surface area (Å²) in [4.78, 5) is 35.4. The summed E-state index contributed by atoms with van der Waals surface area (Å²) in [6, 6.07) is 0. The van der Waals surface area contributed by atoms with Gasteiger partial charge < -0.3 is 9.64 Å². The topological polar surface area (TPSA) is 75.7 Å². The maximum Gasteiger partial charge on any atom is 0.246 e. The second-order valence-electron chi connectivity index (χ2n) is 4.41. The van der Waals surface area contributed by atoms with Crippen molar-refractivity contribution >= 4 is 17.7 Å². The van der Waals surface area contributed by atoms with E-state index in [1.54, 1.807) is 0 Å². The van der Waals surface area contributed by atoms with Gasteiger partial charge in [0.15, 0.2) is 0 Å². The fourth-order valence-electron chi connectivity index (χ4n) is 2.11. The summed E-state index contributed by atoms with van der Waals surface area (Å²) in [6.45, 7) is 0.631. The van der Waals surface area contributed by atoms with E-state index in [0.29, 0.717) is 6.61 Å². The van der Waals surface area contributed by atoms with Crippen LogP contribution in [0.3, 0.4) is 0 Å². The van der Waals surface area contributed by atoms with Crippen molar-refractivity contribution < 1.29 is 19.1 Å². The molecule has 0 bridgehead atoms. The lowest BCUT2D eigenvalue weighted by Gasteiger charge is -2.28. The first kappa shape index (κ1) is 12.0. The molecule has 0 aromatic heterocycles. The number of nitrogens with zero attached hydrogens (tertiary/aromatic N) is 1. The Morgan fingerprint density at radius 1 is 1.29 bits per heavy atom. The van der Waals surface area contributed by atoms with E-state index in [2.05, 4.69) is 5.32 Å². The molecule has 1 atom stereocenters. The number of ether oxygens (including phenoxy) is 1. The first-order chi connectivity index (χ1) is 8.15. The summed E-state index contributed by atoms with van der Waals surface area (Å²) in [5.41, 5.74) is 0. The van der Waals surface area contributed by atoms with E-state index in [-0.39, 0.29) is 31.5 Å². The molecule has 1 N–H and O–H groups in total. The Kier molecular flexibility index (Phi) is 3.73. The smallest absolute Gasteiger partial charge is 0.246 e. The number of piperazine rings is 1. The van der Waals surface area contributed by atoms with Crippen LogP contribution in [0.1, 0.15) is 25.7 Å². The van der Waals surface area contributed by atoms with Crippen LogP contribution in [0.5, 0.6) is 0 Å². The van der Waals surface area contributed by atoms with Crippen molar-refractivity contribution in [2.75, 3.05) is 19.7 Å². The molecular formula is C11H16N2O4. The van der Waals surface area contributed by atoms with Gasteiger partial charge in [0.05, 0.1) is 12.5 Å². The molecule has 0 radical (unpaired) electrons. The summed E-state index contributed by atoms with van der Waals surface area (Å²) in [5, 5.41) is 2.16. The highest BCUT2D eigenvalue weighted by Crippen LogP contribution is 2.16. The Bertz CT molecular complexity index is 320. The normalized spacial score (nSPS) is 25.6. The molecule has 2 heterocycles. The maximum atomic E-state index is 11.9. The van der Waals surface area contributed by atoms with Gasteiger partial charge in [0.1, 0.15) is 13.1 Å². The Labute approximate surface area is 99.3 Å². The molecule has 17 heavy (non-hydrogen) atoms. The average Bonchev–Trinajstić information content (AvgIpc) is 2.29. The Morgan fingerprint density at radius 3 is 2.59 bits per heavy atom. The Morgan fingerprint density at radius 2 is 2.00 bits per heavy atom. The zero-order valence-corrected chi connectivity index (χ0v) is 9.61. The summed E-state index contributed by atoms with van der Waals surface area (Å²) >= 11 is 0. The average molecular weight is 240 g/mol. The maximum absolute atomic E-state index is 11.9. The van der Waals surface area contributed by atoms with Crippen LogP contribution in [0.4, 0.5) is 0 Å². The molecule has 2 rings (SSSR count). The minimum atomic E-state index is -0.417. The highest BCUT2D eigenvalue weighted by atomic mass is 16.5. The lowest BCUT2D eigenvalue weighted by molar-refractivity contribution is -0.147. The third kappa shape index (κ3) is 3.26. The third-order valence-corrected chi connectivity index (χ3v) is 2.98. The summed E-state index contributed by atoms with van der Waals surface area (Å²) < 4.78 is 5.46. The van der Waals surface area contributed by atoms with Crippen molar-refractivity contribution in [3.63, 3.8) is 0 Å². The first-order valence-electron chi connectivity index (χ1n) is 5.87. The number of amides is 3. The summed E-state index contributed by atoms with van der Waals surface area (Å²) in [7, 11) is 0. The van der Waals surface area contributed by atoms with Gasteiger partial charge in [-0.1, -0.05) is 0 Å². The predicted molar refractivity (Wildman–Crippen MR) is 57.9 cm³/mol. The van der Waals surface area contributed by atoms with Gasteiger partial charge in [0, 0.05) is 6.61 Å². The zero-order valence-electron chi connectivity index (χ0n) is 9.61.